The Balaban J connectivity index is 2.15. The predicted octanol–water partition coefficient (Wildman–Crippen LogP) is 2.44. The maximum absolute atomic E-state index is 12.3. The van der Waals surface area contributed by atoms with Gasteiger partial charge in [-0.05, 0) is 19.1 Å². The highest BCUT2D eigenvalue weighted by atomic mass is 16.2. The molecule has 0 radical (unpaired) electrons. The van der Waals surface area contributed by atoms with Crippen LogP contribution in [0.25, 0.3) is 0 Å². The number of hydrogen-bond donors (Lipinski definition) is 0. The lowest BCUT2D eigenvalue weighted by Crippen LogP contribution is -2.48. The largest absolute Gasteiger partial charge is 0.337 e. The summed E-state index contributed by atoms with van der Waals surface area (Å²) in [5, 5.41) is 0. The molecule has 0 atom stereocenters. The highest BCUT2D eigenvalue weighted by Gasteiger charge is 2.36. The maximum Gasteiger partial charge on any atom is 0.253 e. The molecule has 1 heterocycles. The van der Waals surface area contributed by atoms with E-state index in [9.17, 15) is 9.59 Å². The van der Waals surface area contributed by atoms with Crippen molar-refractivity contribution in [2.75, 3.05) is 13.1 Å². The van der Waals surface area contributed by atoms with Gasteiger partial charge in [-0.1, -0.05) is 31.5 Å². The quantitative estimate of drug-likeness (QED) is 0.762. The molecule has 0 saturated carbocycles. The lowest BCUT2D eigenvalue weighted by Gasteiger charge is -2.36. The van der Waals surface area contributed by atoms with Gasteiger partial charge in [-0.15, -0.1) is 0 Å². The van der Waals surface area contributed by atoms with E-state index in [-0.39, 0.29) is 11.7 Å². The molecule has 96 valence electrons. The van der Waals surface area contributed by atoms with E-state index in [2.05, 4.69) is 0 Å². The standard InChI is InChI=1S/C15H19NO2/c1-11-4-6-12(7-5-11)14(18)16-9-8-13(17)15(2,3)10-16/h4-7H,8-10H2,1-3H3. The summed E-state index contributed by atoms with van der Waals surface area (Å²) < 4.78 is 0. The first-order valence-corrected chi connectivity index (χ1v) is 6.29. The van der Waals surface area contributed by atoms with Gasteiger partial charge in [0.15, 0.2) is 0 Å². The number of ketones is 1. The molecule has 1 aliphatic rings. The number of aryl methyl sites for hydroxylation is 1. The van der Waals surface area contributed by atoms with Crippen LogP contribution >= 0.6 is 0 Å². The number of nitrogens with zero attached hydrogens (tertiary/aromatic N) is 1. The second-order valence-corrected chi connectivity index (χ2v) is 5.65. The molecular weight excluding hydrogens is 226 g/mol. The minimum atomic E-state index is -0.418. The summed E-state index contributed by atoms with van der Waals surface area (Å²) in [7, 11) is 0. The van der Waals surface area contributed by atoms with Gasteiger partial charge >= 0.3 is 0 Å². The number of benzene rings is 1. The molecule has 1 saturated heterocycles. The van der Waals surface area contributed by atoms with Crippen LogP contribution in [0.3, 0.4) is 0 Å². The first-order valence-electron chi connectivity index (χ1n) is 6.29. The Labute approximate surface area is 108 Å². The Morgan fingerprint density at radius 3 is 2.39 bits per heavy atom. The topological polar surface area (TPSA) is 37.4 Å². The average Bonchev–Trinajstić information content (AvgIpc) is 2.33. The van der Waals surface area contributed by atoms with Gasteiger partial charge in [0.05, 0.1) is 0 Å². The Morgan fingerprint density at radius 2 is 1.83 bits per heavy atom. The van der Waals surface area contributed by atoms with Gasteiger partial charge in [-0.2, -0.15) is 0 Å². The number of rotatable bonds is 1. The number of piperidine rings is 1. The fourth-order valence-corrected chi connectivity index (χ4v) is 2.27. The molecule has 1 aliphatic heterocycles. The lowest BCUT2D eigenvalue weighted by atomic mass is 9.82. The third-order valence-corrected chi connectivity index (χ3v) is 3.54. The summed E-state index contributed by atoms with van der Waals surface area (Å²) in [6.07, 6.45) is 0.463. The first-order chi connectivity index (χ1) is 8.40. The van der Waals surface area contributed by atoms with Gasteiger partial charge in [-0.25, -0.2) is 0 Å². The van der Waals surface area contributed by atoms with Crippen LogP contribution in [-0.2, 0) is 4.79 Å². The van der Waals surface area contributed by atoms with Gasteiger partial charge in [0, 0.05) is 30.5 Å². The second-order valence-electron chi connectivity index (χ2n) is 5.65. The zero-order valence-corrected chi connectivity index (χ0v) is 11.2. The van der Waals surface area contributed by atoms with E-state index in [1.165, 1.54) is 0 Å². The van der Waals surface area contributed by atoms with Crippen LogP contribution in [0.4, 0.5) is 0 Å². The van der Waals surface area contributed by atoms with Crippen LogP contribution in [0.1, 0.15) is 36.2 Å². The molecular formula is C15H19NO2. The molecule has 0 N–H and O–H groups in total. The molecule has 3 heteroatoms. The number of Topliss-reactive ketones (excluding diaryl/α,β-unsaturated/α-hetero) is 1. The Bertz CT molecular complexity index is 474. The summed E-state index contributed by atoms with van der Waals surface area (Å²) >= 11 is 0. The third kappa shape index (κ3) is 2.45. The summed E-state index contributed by atoms with van der Waals surface area (Å²) in [4.78, 5) is 25.8. The van der Waals surface area contributed by atoms with Gasteiger partial charge in [0.1, 0.15) is 5.78 Å². The first kappa shape index (κ1) is 12.8. The number of amides is 1. The van der Waals surface area contributed by atoms with Crippen molar-refractivity contribution in [2.45, 2.75) is 27.2 Å². The Hall–Kier alpha value is -1.64. The normalized spacial score (nSPS) is 18.8. The molecule has 0 aromatic heterocycles. The Morgan fingerprint density at radius 1 is 1.22 bits per heavy atom. The van der Waals surface area contributed by atoms with Gasteiger partial charge < -0.3 is 4.90 Å². The van der Waals surface area contributed by atoms with E-state index in [4.69, 9.17) is 0 Å². The Kier molecular flexibility index (Phi) is 3.24. The SMILES string of the molecule is Cc1ccc(C(=O)N2CCC(=O)C(C)(C)C2)cc1. The van der Waals surface area contributed by atoms with Crippen LogP contribution in [0.15, 0.2) is 24.3 Å². The number of carbonyl (C=O) groups is 2. The lowest BCUT2D eigenvalue weighted by molar-refractivity contribution is -0.130. The van der Waals surface area contributed by atoms with Crippen LogP contribution in [-0.4, -0.2) is 29.7 Å². The van der Waals surface area contributed by atoms with Crippen molar-refractivity contribution in [3.05, 3.63) is 35.4 Å². The average molecular weight is 245 g/mol. The highest BCUT2D eigenvalue weighted by Crippen LogP contribution is 2.26. The molecule has 1 aromatic carbocycles. The van der Waals surface area contributed by atoms with E-state index < -0.39 is 5.41 Å². The van der Waals surface area contributed by atoms with E-state index >= 15 is 0 Å². The molecule has 2 rings (SSSR count). The van der Waals surface area contributed by atoms with Crippen molar-refractivity contribution in [1.29, 1.82) is 0 Å². The zero-order chi connectivity index (χ0) is 13.3. The fraction of sp³-hybridized carbons (Fsp3) is 0.467. The monoisotopic (exact) mass is 245 g/mol. The maximum atomic E-state index is 12.3. The zero-order valence-electron chi connectivity index (χ0n) is 11.2. The number of hydrogen-bond acceptors (Lipinski definition) is 2. The molecule has 0 spiro atoms. The second kappa shape index (κ2) is 4.56. The van der Waals surface area contributed by atoms with Gasteiger partial charge in [0.25, 0.3) is 5.91 Å². The van der Waals surface area contributed by atoms with E-state index in [0.717, 1.165) is 5.56 Å². The fourth-order valence-electron chi connectivity index (χ4n) is 2.27. The van der Waals surface area contributed by atoms with Gasteiger partial charge in [-0.3, -0.25) is 9.59 Å². The van der Waals surface area contributed by atoms with Crippen molar-refractivity contribution < 1.29 is 9.59 Å². The molecule has 3 nitrogen and oxygen atoms in total. The summed E-state index contributed by atoms with van der Waals surface area (Å²) in [6.45, 7) is 6.86. The number of carbonyl (C=O) groups excluding carboxylic acids is 2. The molecule has 1 amide bonds. The smallest absolute Gasteiger partial charge is 0.253 e. The van der Waals surface area contributed by atoms with Crippen LogP contribution in [0.2, 0.25) is 0 Å². The molecule has 1 fully saturated rings. The van der Waals surface area contributed by atoms with E-state index in [1.807, 2.05) is 45.0 Å². The summed E-state index contributed by atoms with van der Waals surface area (Å²) in [6, 6.07) is 7.57. The number of likely N-dealkylation sites (tertiary alicyclic amines) is 1. The molecule has 18 heavy (non-hydrogen) atoms. The molecule has 0 bridgehead atoms. The van der Waals surface area contributed by atoms with Crippen molar-refractivity contribution in [1.82, 2.24) is 4.90 Å². The van der Waals surface area contributed by atoms with Crippen molar-refractivity contribution in [3.63, 3.8) is 0 Å². The van der Waals surface area contributed by atoms with Crippen LogP contribution in [0.5, 0.6) is 0 Å². The predicted molar refractivity (Wildman–Crippen MR) is 70.5 cm³/mol. The molecule has 0 unspecified atom stereocenters. The highest BCUT2D eigenvalue weighted by molar-refractivity contribution is 5.96. The van der Waals surface area contributed by atoms with Crippen molar-refractivity contribution in [3.8, 4) is 0 Å². The van der Waals surface area contributed by atoms with Crippen molar-refractivity contribution in [2.24, 2.45) is 5.41 Å². The molecule has 0 aliphatic carbocycles. The van der Waals surface area contributed by atoms with Crippen molar-refractivity contribution >= 4 is 11.7 Å². The van der Waals surface area contributed by atoms with Crippen LogP contribution < -0.4 is 0 Å². The summed E-state index contributed by atoms with van der Waals surface area (Å²) in [5.74, 6) is 0.269. The summed E-state index contributed by atoms with van der Waals surface area (Å²) in [5.41, 5.74) is 1.42. The minimum absolute atomic E-state index is 0.0237. The molecule has 1 aromatic rings. The van der Waals surface area contributed by atoms with Crippen LogP contribution in [0, 0.1) is 12.3 Å². The van der Waals surface area contributed by atoms with E-state index in [1.54, 1.807) is 4.90 Å². The third-order valence-electron chi connectivity index (χ3n) is 3.54. The minimum Gasteiger partial charge on any atom is -0.337 e. The van der Waals surface area contributed by atoms with E-state index in [0.29, 0.717) is 25.1 Å². The van der Waals surface area contributed by atoms with Gasteiger partial charge in [0.2, 0.25) is 0 Å².